The van der Waals surface area contributed by atoms with Crippen LogP contribution in [0, 0.1) is 6.92 Å². The van der Waals surface area contributed by atoms with Gasteiger partial charge in [0.2, 0.25) is 0 Å². The molecule has 0 spiro atoms. The van der Waals surface area contributed by atoms with Crippen molar-refractivity contribution in [2.45, 2.75) is 31.6 Å². The number of nitrogens with one attached hydrogen (secondary N) is 1. The molecule has 1 N–H and O–H groups in total. The molecule has 6 nitrogen and oxygen atoms in total. The van der Waals surface area contributed by atoms with Gasteiger partial charge in [0.15, 0.2) is 0 Å². The molecule has 1 aliphatic heterocycles. The van der Waals surface area contributed by atoms with E-state index in [1.165, 1.54) is 11.8 Å². The first kappa shape index (κ1) is 25.5. The van der Waals surface area contributed by atoms with E-state index in [-0.39, 0.29) is 10.6 Å². The molecule has 0 radical (unpaired) electrons. The summed E-state index contributed by atoms with van der Waals surface area (Å²) in [5, 5.41) is 3.74. The number of esters is 1. The minimum Gasteiger partial charge on any atom is -0.462 e. The highest BCUT2D eigenvalue weighted by Gasteiger charge is 2.40. The highest BCUT2D eigenvalue weighted by Crippen LogP contribution is 2.38. The van der Waals surface area contributed by atoms with E-state index in [0.29, 0.717) is 28.6 Å². The van der Waals surface area contributed by atoms with Gasteiger partial charge in [-0.3, -0.25) is 9.59 Å². The molecule has 0 aliphatic carbocycles. The Labute approximate surface area is 219 Å². The number of carbonyl (C=O) groups is 3. The van der Waals surface area contributed by atoms with E-state index in [0.717, 1.165) is 28.2 Å². The standard InChI is InChI=1S/C28H25ClN2O4S/c1-3-4-16-35-28(34)19-10-13-21(14-11-19)31-26(32)24(30-23-15-12-20(29)17-18(23)2)25(27(31)33)36-22-8-6-5-7-9-22/h5-15,17,30H,3-4,16H2,1-2H3. The Bertz CT molecular complexity index is 1320. The van der Waals surface area contributed by atoms with Crippen LogP contribution >= 0.6 is 23.4 Å². The summed E-state index contributed by atoms with van der Waals surface area (Å²) in [4.78, 5) is 41.5. The van der Waals surface area contributed by atoms with Crippen LogP contribution < -0.4 is 10.2 Å². The number of thioether (sulfide) groups is 1. The monoisotopic (exact) mass is 520 g/mol. The predicted octanol–water partition coefficient (Wildman–Crippen LogP) is 6.59. The lowest BCUT2D eigenvalue weighted by atomic mass is 10.2. The summed E-state index contributed by atoms with van der Waals surface area (Å²) in [6.45, 7) is 4.24. The van der Waals surface area contributed by atoms with Crippen LogP contribution in [0.25, 0.3) is 0 Å². The Morgan fingerprint density at radius 3 is 2.39 bits per heavy atom. The molecule has 0 bridgehead atoms. The fourth-order valence-corrected chi connectivity index (χ4v) is 4.77. The average Bonchev–Trinajstić information content (AvgIpc) is 3.10. The van der Waals surface area contributed by atoms with Crippen molar-refractivity contribution in [2.75, 3.05) is 16.8 Å². The van der Waals surface area contributed by atoms with Crippen LogP contribution in [-0.2, 0) is 14.3 Å². The highest BCUT2D eigenvalue weighted by molar-refractivity contribution is 8.04. The van der Waals surface area contributed by atoms with Crippen molar-refractivity contribution in [1.29, 1.82) is 0 Å². The molecule has 1 heterocycles. The number of rotatable bonds is 9. The van der Waals surface area contributed by atoms with Crippen molar-refractivity contribution in [1.82, 2.24) is 0 Å². The fourth-order valence-electron chi connectivity index (χ4n) is 3.60. The van der Waals surface area contributed by atoms with Crippen molar-refractivity contribution >= 4 is 52.5 Å². The number of hydrogen-bond donors (Lipinski definition) is 1. The van der Waals surface area contributed by atoms with Gasteiger partial charge in [-0.05, 0) is 73.5 Å². The maximum absolute atomic E-state index is 13.5. The lowest BCUT2D eigenvalue weighted by Gasteiger charge is -2.16. The number of halogens is 1. The molecule has 184 valence electrons. The van der Waals surface area contributed by atoms with Crippen molar-refractivity contribution in [3.05, 3.63) is 99.5 Å². The summed E-state index contributed by atoms with van der Waals surface area (Å²) in [6.07, 6.45) is 1.71. The van der Waals surface area contributed by atoms with Gasteiger partial charge >= 0.3 is 5.97 Å². The van der Waals surface area contributed by atoms with Crippen LogP contribution in [0.2, 0.25) is 5.02 Å². The highest BCUT2D eigenvalue weighted by atomic mass is 35.5. The van der Waals surface area contributed by atoms with Gasteiger partial charge in [-0.25, -0.2) is 9.69 Å². The molecule has 0 unspecified atom stereocenters. The second-order valence-corrected chi connectivity index (χ2v) is 9.71. The third-order valence-corrected chi connectivity index (χ3v) is 6.87. The Morgan fingerprint density at radius 2 is 1.72 bits per heavy atom. The van der Waals surface area contributed by atoms with Gasteiger partial charge in [0.25, 0.3) is 11.8 Å². The summed E-state index contributed by atoms with van der Waals surface area (Å²) in [5.41, 5.74) is 2.42. The fraction of sp³-hybridized carbons (Fsp3) is 0.179. The topological polar surface area (TPSA) is 75.7 Å². The number of imide groups is 1. The van der Waals surface area contributed by atoms with Gasteiger partial charge in [-0.15, -0.1) is 0 Å². The van der Waals surface area contributed by atoms with E-state index in [1.54, 1.807) is 42.5 Å². The number of anilines is 2. The zero-order valence-corrected chi connectivity index (χ0v) is 21.5. The minimum absolute atomic E-state index is 0.183. The molecule has 8 heteroatoms. The molecule has 4 rings (SSSR count). The number of unbranched alkanes of at least 4 members (excludes halogenated alkanes) is 1. The lowest BCUT2D eigenvalue weighted by Crippen LogP contribution is -2.32. The average molecular weight is 521 g/mol. The first-order chi connectivity index (χ1) is 17.4. The molecule has 0 fully saturated rings. The van der Waals surface area contributed by atoms with Crippen molar-refractivity contribution < 1.29 is 19.1 Å². The smallest absolute Gasteiger partial charge is 0.338 e. The molecule has 3 aromatic carbocycles. The quantitative estimate of drug-likeness (QED) is 0.195. The Hall–Kier alpha value is -3.55. The summed E-state index contributed by atoms with van der Waals surface area (Å²) in [6, 6.07) is 20.9. The summed E-state index contributed by atoms with van der Waals surface area (Å²) in [5.74, 6) is -1.36. The largest absolute Gasteiger partial charge is 0.462 e. The number of ether oxygens (including phenoxy) is 1. The molecule has 2 amide bonds. The molecular weight excluding hydrogens is 496 g/mol. The number of hydrogen-bond acceptors (Lipinski definition) is 6. The van der Waals surface area contributed by atoms with E-state index in [4.69, 9.17) is 16.3 Å². The molecule has 0 atom stereocenters. The minimum atomic E-state index is -0.481. The summed E-state index contributed by atoms with van der Waals surface area (Å²) < 4.78 is 5.25. The van der Waals surface area contributed by atoms with Crippen LogP contribution in [0.4, 0.5) is 11.4 Å². The van der Waals surface area contributed by atoms with Crippen molar-refractivity contribution in [3.63, 3.8) is 0 Å². The normalized spacial score (nSPS) is 13.4. The van der Waals surface area contributed by atoms with Crippen LogP contribution in [-0.4, -0.2) is 24.4 Å². The summed E-state index contributed by atoms with van der Waals surface area (Å²) >= 11 is 7.31. The Kier molecular flexibility index (Phi) is 8.13. The zero-order valence-electron chi connectivity index (χ0n) is 19.9. The van der Waals surface area contributed by atoms with Gasteiger partial charge in [-0.1, -0.05) is 54.9 Å². The van der Waals surface area contributed by atoms with Crippen LogP contribution in [0.15, 0.2) is 88.3 Å². The third-order valence-electron chi connectivity index (χ3n) is 5.54. The van der Waals surface area contributed by atoms with Gasteiger partial charge in [0.1, 0.15) is 10.6 Å². The van der Waals surface area contributed by atoms with Gasteiger partial charge in [0, 0.05) is 15.6 Å². The Morgan fingerprint density at radius 1 is 1.00 bits per heavy atom. The SMILES string of the molecule is CCCCOC(=O)c1ccc(N2C(=O)C(Nc3ccc(Cl)cc3C)=C(Sc3ccccc3)C2=O)cc1. The van der Waals surface area contributed by atoms with Crippen LogP contribution in [0.3, 0.4) is 0 Å². The van der Waals surface area contributed by atoms with Crippen LogP contribution in [0.5, 0.6) is 0 Å². The van der Waals surface area contributed by atoms with Gasteiger partial charge in [-0.2, -0.15) is 0 Å². The second-order valence-electron chi connectivity index (χ2n) is 8.19. The molecule has 36 heavy (non-hydrogen) atoms. The summed E-state index contributed by atoms with van der Waals surface area (Å²) in [7, 11) is 0. The Balaban J connectivity index is 1.64. The van der Waals surface area contributed by atoms with E-state index < -0.39 is 17.8 Å². The number of carbonyl (C=O) groups excluding carboxylic acids is 3. The molecular formula is C28H25ClN2O4S. The molecule has 0 aromatic heterocycles. The van der Waals surface area contributed by atoms with Crippen molar-refractivity contribution in [3.8, 4) is 0 Å². The maximum atomic E-state index is 13.5. The predicted molar refractivity (Wildman–Crippen MR) is 143 cm³/mol. The first-order valence-corrected chi connectivity index (χ1v) is 12.7. The molecule has 0 saturated heterocycles. The van der Waals surface area contributed by atoms with Gasteiger partial charge < -0.3 is 10.1 Å². The van der Waals surface area contributed by atoms with Gasteiger partial charge in [0.05, 0.1) is 17.9 Å². The molecule has 3 aromatic rings. The maximum Gasteiger partial charge on any atom is 0.338 e. The van der Waals surface area contributed by atoms with E-state index >= 15 is 0 Å². The lowest BCUT2D eigenvalue weighted by molar-refractivity contribution is -0.120. The van der Waals surface area contributed by atoms with E-state index in [1.807, 2.05) is 44.2 Å². The van der Waals surface area contributed by atoms with Crippen LogP contribution in [0.1, 0.15) is 35.7 Å². The van der Waals surface area contributed by atoms with E-state index in [2.05, 4.69) is 5.32 Å². The molecule has 1 aliphatic rings. The number of amides is 2. The number of benzene rings is 3. The first-order valence-electron chi connectivity index (χ1n) is 11.6. The third kappa shape index (κ3) is 5.64. The van der Waals surface area contributed by atoms with E-state index in [9.17, 15) is 14.4 Å². The van der Waals surface area contributed by atoms with Crippen molar-refractivity contribution in [2.24, 2.45) is 0 Å². The second kappa shape index (κ2) is 11.5. The molecule has 0 saturated carbocycles. The zero-order chi connectivity index (χ0) is 25.7. The number of aryl methyl sites for hydroxylation is 1. The number of nitrogens with zero attached hydrogens (tertiary/aromatic N) is 1.